The molecule has 3 unspecified atom stereocenters. The molecule has 5 aliphatic rings. The van der Waals surface area contributed by atoms with E-state index >= 15 is 0 Å². The van der Waals surface area contributed by atoms with E-state index in [4.69, 9.17) is 14.2 Å². The number of aromatic nitrogens is 1. The topological polar surface area (TPSA) is 95.0 Å². The highest BCUT2D eigenvalue weighted by molar-refractivity contribution is 5.85. The molecule has 4 fully saturated rings. The Morgan fingerprint density at radius 2 is 1.94 bits per heavy atom. The molecule has 36 heavy (non-hydrogen) atoms. The van der Waals surface area contributed by atoms with Gasteiger partial charge in [0.05, 0.1) is 17.6 Å². The second kappa shape index (κ2) is 8.12. The summed E-state index contributed by atoms with van der Waals surface area (Å²) in [6.45, 7) is 8.43. The molecule has 3 heterocycles. The molecule has 9 atom stereocenters. The number of nitrogens with zero attached hydrogens (tertiary/aromatic N) is 1. The number of ether oxygens (including phenoxy) is 3. The molecule has 1 saturated heterocycles. The first-order valence-electron chi connectivity index (χ1n) is 13.5. The van der Waals surface area contributed by atoms with E-state index in [9.17, 15) is 14.7 Å². The summed E-state index contributed by atoms with van der Waals surface area (Å²) in [5.41, 5.74) is -1.12. The van der Waals surface area contributed by atoms with Crippen LogP contribution in [0.3, 0.4) is 0 Å². The number of carbonyl (C=O) groups excluding carboxylic acids is 2. The summed E-state index contributed by atoms with van der Waals surface area (Å²) >= 11 is 0. The number of carbonyl (C=O) groups is 2. The Labute approximate surface area is 212 Å². The molecule has 1 N–H and O–H groups in total. The molecule has 0 aromatic carbocycles. The van der Waals surface area contributed by atoms with Gasteiger partial charge in [-0.05, 0) is 87.8 Å². The van der Waals surface area contributed by atoms with E-state index in [1.54, 1.807) is 18.5 Å². The molecule has 0 bridgehead atoms. The fraction of sp³-hybridized carbons (Fsp3) is 0.690. The number of cyclic esters (lactones) is 1. The van der Waals surface area contributed by atoms with Gasteiger partial charge in [-0.1, -0.05) is 13.8 Å². The highest BCUT2D eigenvalue weighted by Crippen LogP contribution is 2.64. The summed E-state index contributed by atoms with van der Waals surface area (Å²) in [6.07, 6.45) is 9.37. The summed E-state index contributed by atoms with van der Waals surface area (Å²) in [4.78, 5) is 30.0. The van der Waals surface area contributed by atoms with Crippen molar-refractivity contribution in [2.45, 2.75) is 89.6 Å². The van der Waals surface area contributed by atoms with E-state index in [0.29, 0.717) is 11.3 Å². The number of pyridine rings is 1. The van der Waals surface area contributed by atoms with Crippen LogP contribution in [0.25, 0.3) is 5.76 Å². The van der Waals surface area contributed by atoms with Gasteiger partial charge in [-0.2, -0.15) is 0 Å². The average molecular weight is 496 g/mol. The maximum Gasteiger partial charge on any atom is 0.320 e. The van der Waals surface area contributed by atoms with Gasteiger partial charge >= 0.3 is 11.9 Å². The van der Waals surface area contributed by atoms with E-state index in [0.717, 1.165) is 38.5 Å². The van der Waals surface area contributed by atoms with Crippen LogP contribution in [0.2, 0.25) is 0 Å². The molecule has 7 nitrogen and oxygen atoms in total. The first-order chi connectivity index (χ1) is 17.1. The molecule has 0 spiro atoms. The lowest BCUT2D eigenvalue weighted by molar-refractivity contribution is -0.304. The summed E-state index contributed by atoms with van der Waals surface area (Å²) < 4.78 is 18.6. The number of hydrogen-bond acceptors (Lipinski definition) is 7. The average Bonchev–Trinajstić information content (AvgIpc) is 3.65. The van der Waals surface area contributed by atoms with Gasteiger partial charge in [0.2, 0.25) is 0 Å². The number of aliphatic hydroxyl groups is 1. The highest BCUT2D eigenvalue weighted by Gasteiger charge is 2.68. The van der Waals surface area contributed by atoms with Gasteiger partial charge in [0.25, 0.3) is 0 Å². The number of rotatable bonds is 3. The van der Waals surface area contributed by atoms with Crippen LogP contribution in [0.1, 0.15) is 71.8 Å². The maximum atomic E-state index is 13.4. The minimum Gasteiger partial charge on any atom is -0.462 e. The van der Waals surface area contributed by atoms with Crippen molar-refractivity contribution < 1.29 is 28.9 Å². The van der Waals surface area contributed by atoms with E-state index in [-0.39, 0.29) is 41.2 Å². The smallest absolute Gasteiger partial charge is 0.320 e. The van der Waals surface area contributed by atoms with Crippen molar-refractivity contribution in [1.82, 2.24) is 4.98 Å². The largest absolute Gasteiger partial charge is 0.462 e. The minimum atomic E-state index is -0.989. The first-order valence-corrected chi connectivity index (χ1v) is 13.5. The van der Waals surface area contributed by atoms with Crippen LogP contribution < -0.4 is 0 Å². The molecule has 1 aromatic heterocycles. The zero-order chi connectivity index (χ0) is 25.5. The Hall–Kier alpha value is -2.25. The normalized spacial score (nSPS) is 45.9. The van der Waals surface area contributed by atoms with Crippen LogP contribution in [0, 0.1) is 35.0 Å². The Morgan fingerprint density at radius 1 is 1.17 bits per heavy atom. The maximum absolute atomic E-state index is 13.4. The van der Waals surface area contributed by atoms with Crippen LogP contribution in [-0.2, 0) is 23.8 Å². The van der Waals surface area contributed by atoms with Crippen molar-refractivity contribution in [1.29, 1.82) is 0 Å². The van der Waals surface area contributed by atoms with E-state index in [1.807, 2.05) is 19.1 Å². The van der Waals surface area contributed by atoms with E-state index < -0.39 is 29.2 Å². The predicted octanol–water partition coefficient (Wildman–Crippen LogP) is 4.29. The zero-order valence-electron chi connectivity index (χ0n) is 21.6. The third-order valence-electron chi connectivity index (χ3n) is 10.1. The van der Waals surface area contributed by atoms with Crippen molar-refractivity contribution in [3.05, 3.63) is 36.2 Å². The fourth-order valence-corrected chi connectivity index (χ4v) is 8.33. The van der Waals surface area contributed by atoms with Crippen molar-refractivity contribution in [2.75, 3.05) is 0 Å². The fourth-order valence-electron chi connectivity index (χ4n) is 8.33. The van der Waals surface area contributed by atoms with Crippen molar-refractivity contribution in [3.8, 4) is 0 Å². The van der Waals surface area contributed by atoms with Gasteiger partial charge in [0.15, 0.2) is 0 Å². The third kappa shape index (κ3) is 3.57. The minimum absolute atomic E-state index is 0.0472. The lowest BCUT2D eigenvalue weighted by Crippen LogP contribution is -2.71. The third-order valence-corrected chi connectivity index (χ3v) is 10.1. The lowest BCUT2D eigenvalue weighted by atomic mass is 9.45. The SMILES string of the molecule is C[C@@H]1C2CC[C@@]3(C)O[C@@]4(C)C=C(c5cccnc5)OC(=O)C4[C@H](O)C3[C@@]2(C)CC[C@@H]1OC(=O)C1CC1. The zero-order valence-corrected chi connectivity index (χ0v) is 21.6. The molecule has 3 aliphatic carbocycles. The van der Waals surface area contributed by atoms with Crippen LogP contribution >= 0.6 is 0 Å². The van der Waals surface area contributed by atoms with Crippen LogP contribution in [0.4, 0.5) is 0 Å². The summed E-state index contributed by atoms with van der Waals surface area (Å²) in [5, 5.41) is 11.9. The monoisotopic (exact) mass is 495 g/mol. The first kappa shape index (κ1) is 24.1. The van der Waals surface area contributed by atoms with Crippen molar-refractivity contribution >= 4 is 17.7 Å². The molecule has 1 aromatic rings. The van der Waals surface area contributed by atoms with Crippen LogP contribution in [0.5, 0.6) is 0 Å². The molecule has 0 amide bonds. The van der Waals surface area contributed by atoms with Crippen LogP contribution in [0.15, 0.2) is 30.6 Å². The molecule has 7 heteroatoms. The summed E-state index contributed by atoms with van der Waals surface area (Å²) in [6, 6.07) is 3.65. The standard InChI is InChI=1S/C29H37NO6/c1-16-19-9-12-28(3)24(27(19,2)11-10-20(16)34-25(32)17-7-8-17)23(31)22-26(33)35-21(14-29(22,4)36-28)18-6-5-13-30-15-18/h5-6,13-17,19-20,22-24,31H,7-12H2,1-4H3/t16-,19?,20+,22?,23+,24?,27+,28-,29+/m1/s1. The summed E-state index contributed by atoms with van der Waals surface area (Å²) in [5.74, 6) is -0.580. The Bertz CT molecular complexity index is 1100. The number of hydrogen-bond donors (Lipinski definition) is 1. The van der Waals surface area contributed by atoms with Gasteiger partial charge in [-0.3, -0.25) is 14.6 Å². The quantitative estimate of drug-likeness (QED) is 0.625. The Morgan fingerprint density at radius 3 is 2.64 bits per heavy atom. The van der Waals surface area contributed by atoms with Gasteiger partial charge in [0.1, 0.15) is 23.4 Å². The molecule has 6 rings (SSSR count). The molecule has 3 saturated carbocycles. The van der Waals surface area contributed by atoms with Gasteiger partial charge in [-0.25, -0.2) is 0 Å². The Kier molecular flexibility index (Phi) is 5.44. The second-order valence-corrected chi connectivity index (χ2v) is 12.5. The number of aliphatic hydroxyl groups excluding tert-OH is 1. The Balaban J connectivity index is 1.31. The molecule has 2 aliphatic heterocycles. The number of esters is 2. The van der Waals surface area contributed by atoms with Crippen molar-refractivity contribution in [2.24, 2.45) is 35.0 Å². The van der Waals surface area contributed by atoms with Gasteiger partial charge < -0.3 is 19.3 Å². The highest BCUT2D eigenvalue weighted by atomic mass is 16.6. The predicted molar refractivity (Wildman–Crippen MR) is 131 cm³/mol. The summed E-state index contributed by atoms with van der Waals surface area (Å²) in [7, 11) is 0. The van der Waals surface area contributed by atoms with Gasteiger partial charge in [-0.15, -0.1) is 0 Å². The van der Waals surface area contributed by atoms with Crippen molar-refractivity contribution in [3.63, 3.8) is 0 Å². The lowest BCUT2D eigenvalue weighted by Gasteiger charge is -2.66. The molecule has 0 radical (unpaired) electrons. The molecule has 194 valence electrons. The van der Waals surface area contributed by atoms with Gasteiger partial charge in [0, 0.05) is 23.9 Å². The van der Waals surface area contributed by atoms with Crippen LogP contribution in [-0.4, -0.2) is 45.4 Å². The van der Waals surface area contributed by atoms with E-state index in [2.05, 4.69) is 25.8 Å². The van der Waals surface area contributed by atoms with E-state index in [1.165, 1.54) is 0 Å². The number of fused-ring (bicyclic) bond motifs is 4. The molecular weight excluding hydrogens is 458 g/mol. The molecular formula is C29H37NO6. The second-order valence-electron chi connectivity index (χ2n) is 12.5.